The standard InChI is InChI=1S/C13H24N2O5S/c1-19-6-4-14-13(16)7-12-11-3-5-15(21(2,17)18)8-10(11)9-20-12/h10-12H,3-9H2,1-2H3,(H,14,16)/t10-,11-,12-/m1/s1. The summed E-state index contributed by atoms with van der Waals surface area (Å²) in [6.07, 6.45) is 2.24. The van der Waals surface area contributed by atoms with Gasteiger partial charge >= 0.3 is 0 Å². The van der Waals surface area contributed by atoms with Gasteiger partial charge in [0.1, 0.15) is 0 Å². The molecule has 1 amide bonds. The average Bonchev–Trinajstić information content (AvgIpc) is 2.80. The third-order valence-electron chi connectivity index (χ3n) is 4.24. The van der Waals surface area contributed by atoms with E-state index in [4.69, 9.17) is 9.47 Å². The highest BCUT2D eigenvalue weighted by Gasteiger charge is 2.43. The van der Waals surface area contributed by atoms with Crippen LogP contribution in [0.3, 0.4) is 0 Å². The largest absolute Gasteiger partial charge is 0.383 e. The summed E-state index contributed by atoms with van der Waals surface area (Å²) < 4.78 is 35.3. The number of methoxy groups -OCH3 is 1. The molecular weight excluding hydrogens is 296 g/mol. The molecule has 0 bridgehead atoms. The highest BCUT2D eigenvalue weighted by Crippen LogP contribution is 2.36. The van der Waals surface area contributed by atoms with E-state index in [-0.39, 0.29) is 23.8 Å². The van der Waals surface area contributed by atoms with E-state index >= 15 is 0 Å². The number of amides is 1. The van der Waals surface area contributed by atoms with E-state index in [0.29, 0.717) is 39.3 Å². The topological polar surface area (TPSA) is 84.9 Å². The van der Waals surface area contributed by atoms with Gasteiger partial charge in [0, 0.05) is 32.7 Å². The molecule has 0 aromatic rings. The van der Waals surface area contributed by atoms with Gasteiger partial charge in [-0.2, -0.15) is 0 Å². The molecule has 0 aromatic carbocycles. The van der Waals surface area contributed by atoms with Crippen molar-refractivity contribution >= 4 is 15.9 Å². The van der Waals surface area contributed by atoms with Crippen LogP contribution in [-0.4, -0.2) is 70.9 Å². The second-order valence-corrected chi connectivity index (χ2v) is 7.73. The zero-order chi connectivity index (χ0) is 15.5. The second-order valence-electron chi connectivity index (χ2n) is 5.75. The molecule has 2 fully saturated rings. The predicted octanol–water partition coefficient (Wildman–Crippen LogP) is -0.564. The predicted molar refractivity (Wildman–Crippen MR) is 77.3 cm³/mol. The number of hydrogen-bond acceptors (Lipinski definition) is 5. The molecule has 0 spiro atoms. The van der Waals surface area contributed by atoms with Crippen molar-refractivity contribution in [1.29, 1.82) is 0 Å². The van der Waals surface area contributed by atoms with E-state index in [1.165, 1.54) is 10.6 Å². The van der Waals surface area contributed by atoms with Crippen LogP contribution < -0.4 is 5.32 Å². The van der Waals surface area contributed by atoms with Crippen molar-refractivity contribution in [3.8, 4) is 0 Å². The van der Waals surface area contributed by atoms with Crippen LogP contribution in [0.1, 0.15) is 12.8 Å². The Balaban J connectivity index is 1.83. The van der Waals surface area contributed by atoms with Crippen LogP contribution >= 0.6 is 0 Å². The Morgan fingerprint density at radius 2 is 2.24 bits per heavy atom. The molecule has 0 radical (unpaired) electrons. The van der Waals surface area contributed by atoms with Gasteiger partial charge in [-0.05, 0) is 12.3 Å². The molecule has 0 unspecified atom stereocenters. The van der Waals surface area contributed by atoms with Gasteiger partial charge in [-0.25, -0.2) is 12.7 Å². The van der Waals surface area contributed by atoms with Crippen molar-refractivity contribution in [1.82, 2.24) is 9.62 Å². The molecule has 2 aliphatic heterocycles. The number of carbonyl (C=O) groups is 1. The van der Waals surface area contributed by atoms with E-state index < -0.39 is 10.0 Å². The van der Waals surface area contributed by atoms with Gasteiger partial charge in [-0.3, -0.25) is 4.79 Å². The molecule has 3 atom stereocenters. The van der Waals surface area contributed by atoms with E-state index in [1.54, 1.807) is 7.11 Å². The number of sulfonamides is 1. The minimum Gasteiger partial charge on any atom is -0.383 e. The molecule has 122 valence electrons. The SMILES string of the molecule is COCCNC(=O)C[C@H]1OC[C@H]2CN(S(C)(=O)=O)CC[C@H]21. The lowest BCUT2D eigenvalue weighted by Gasteiger charge is -2.33. The smallest absolute Gasteiger partial charge is 0.222 e. The first-order chi connectivity index (χ1) is 9.91. The van der Waals surface area contributed by atoms with Gasteiger partial charge in [0.25, 0.3) is 0 Å². The zero-order valence-corrected chi connectivity index (χ0v) is 13.4. The highest BCUT2D eigenvalue weighted by atomic mass is 32.2. The number of piperidine rings is 1. The van der Waals surface area contributed by atoms with Gasteiger partial charge < -0.3 is 14.8 Å². The third kappa shape index (κ3) is 4.38. The fourth-order valence-electron chi connectivity index (χ4n) is 3.11. The fraction of sp³-hybridized carbons (Fsp3) is 0.923. The Kier molecular flexibility index (Phi) is 5.59. The van der Waals surface area contributed by atoms with Crippen molar-refractivity contribution in [2.45, 2.75) is 18.9 Å². The minimum atomic E-state index is -3.14. The highest BCUT2D eigenvalue weighted by molar-refractivity contribution is 7.88. The van der Waals surface area contributed by atoms with Crippen LogP contribution in [0.15, 0.2) is 0 Å². The zero-order valence-electron chi connectivity index (χ0n) is 12.6. The summed E-state index contributed by atoms with van der Waals surface area (Å²) in [6, 6.07) is 0. The Morgan fingerprint density at radius 1 is 1.48 bits per heavy atom. The van der Waals surface area contributed by atoms with Gasteiger partial charge in [0.2, 0.25) is 15.9 Å². The van der Waals surface area contributed by atoms with Crippen LogP contribution in [0.2, 0.25) is 0 Å². The molecule has 0 aliphatic carbocycles. The third-order valence-corrected chi connectivity index (χ3v) is 5.51. The lowest BCUT2D eigenvalue weighted by molar-refractivity contribution is -0.123. The van der Waals surface area contributed by atoms with E-state index in [1.807, 2.05) is 0 Å². The molecule has 1 N–H and O–H groups in total. The fourth-order valence-corrected chi connectivity index (χ4v) is 4.01. The first-order valence-electron chi connectivity index (χ1n) is 7.24. The molecule has 7 nitrogen and oxygen atoms in total. The molecule has 2 rings (SSSR count). The molecule has 21 heavy (non-hydrogen) atoms. The quantitative estimate of drug-likeness (QED) is 0.663. The van der Waals surface area contributed by atoms with E-state index in [2.05, 4.69) is 5.32 Å². The lowest BCUT2D eigenvalue weighted by Crippen LogP contribution is -2.44. The number of ether oxygens (including phenoxy) is 2. The summed E-state index contributed by atoms with van der Waals surface area (Å²) in [4.78, 5) is 11.8. The van der Waals surface area contributed by atoms with Crippen molar-refractivity contribution < 1.29 is 22.7 Å². The molecule has 2 heterocycles. The summed E-state index contributed by atoms with van der Waals surface area (Å²) in [7, 11) is -1.55. The van der Waals surface area contributed by atoms with E-state index in [9.17, 15) is 13.2 Å². The Bertz CT molecular complexity index is 467. The van der Waals surface area contributed by atoms with Gasteiger partial charge in [0.15, 0.2) is 0 Å². The maximum atomic E-state index is 11.8. The molecule has 8 heteroatoms. The van der Waals surface area contributed by atoms with E-state index in [0.717, 1.165) is 6.42 Å². The van der Waals surface area contributed by atoms with Crippen LogP contribution in [0.25, 0.3) is 0 Å². The molecule has 2 saturated heterocycles. The monoisotopic (exact) mass is 320 g/mol. The van der Waals surface area contributed by atoms with Gasteiger partial charge in [-0.1, -0.05) is 0 Å². The maximum absolute atomic E-state index is 11.8. The molecule has 0 aromatic heterocycles. The molecular formula is C13H24N2O5S. The molecule has 0 saturated carbocycles. The number of carbonyl (C=O) groups excluding carboxylic acids is 1. The Morgan fingerprint density at radius 3 is 2.90 bits per heavy atom. The number of hydrogen-bond donors (Lipinski definition) is 1. The summed E-state index contributed by atoms with van der Waals surface area (Å²) in [5.74, 6) is 0.435. The minimum absolute atomic E-state index is 0.0387. The van der Waals surface area contributed by atoms with Crippen LogP contribution in [0.4, 0.5) is 0 Å². The lowest BCUT2D eigenvalue weighted by atomic mass is 9.84. The van der Waals surface area contributed by atoms with Crippen LogP contribution in [-0.2, 0) is 24.3 Å². The van der Waals surface area contributed by atoms with Crippen LogP contribution in [0.5, 0.6) is 0 Å². The summed E-state index contributed by atoms with van der Waals surface area (Å²) in [5, 5.41) is 2.79. The van der Waals surface area contributed by atoms with Crippen molar-refractivity contribution in [3.63, 3.8) is 0 Å². The normalized spacial score (nSPS) is 30.1. The number of fused-ring (bicyclic) bond motifs is 1. The first-order valence-corrected chi connectivity index (χ1v) is 9.09. The average molecular weight is 320 g/mol. The van der Waals surface area contributed by atoms with Crippen molar-refractivity contribution in [2.75, 3.05) is 46.2 Å². The number of nitrogens with one attached hydrogen (secondary N) is 1. The summed E-state index contributed by atoms with van der Waals surface area (Å²) in [6.45, 7) is 2.55. The van der Waals surface area contributed by atoms with Crippen molar-refractivity contribution in [2.24, 2.45) is 11.8 Å². The van der Waals surface area contributed by atoms with Gasteiger partial charge in [-0.15, -0.1) is 0 Å². The first kappa shape index (κ1) is 16.7. The maximum Gasteiger partial charge on any atom is 0.222 e. The summed E-state index contributed by atoms with van der Waals surface area (Å²) in [5.41, 5.74) is 0. The van der Waals surface area contributed by atoms with Crippen molar-refractivity contribution in [3.05, 3.63) is 0 Å². The van der Waals surface area contributed by atoms with Crippen LogP contribution in [0, 0.1) is 11.8 Å². The molecule has 2 aliphatic rings. The summed E-state index contributed by atoms with van der Waals surface area (Å²) >= 11 is 0. The number of rotatable bonds is 6. The Labute approximate surface area is 126 Å². The van der Waals surface area contributed by atoms with Gasteiger partial charge in [0.05, 0.1) is 32.0 Å². The second kappa shape index (κ2) is 7.04. The Hall–Kier alpha value is -0.700. The number of nitrogens with zero attached hydrogens (tertiary/aromatic N) is 1.